The molecule has 2 heterocycles. The molecule has 0 radical (unpaired) electrons. The molecule has 3 nitrogen and oxygen atoms in total. The van der Waals surface area contributed by atoms with Crippen LogP contribution in [0.25, 0.3) is 0 Å². The molecule has 0 aromatic carbocycles. The van der Waals surface area contributed by atoms with Gasteiger partial charge in [-0.1, -0.05) is 0 Å². The van der Waals surface area contributed by atoms with E-state index < -0.39 is 0 Å². The van der Waals surface area contributed by atoms with E-state index in [1.165, 1.54) is 4.88 Å². The van der Waals surface area contributed by atoms with E-state index in [0.29, 0.717) is 18.4 Å². The van der Waals surface area contributed by atoms with Crippen molar-refractivity contribution < 1.29 is 4.79 Å². The first kappa shape index (κ1) is 14.0. The van der Waals surface area contributed by atoms with Gasteiger partial charge >= 0.3 is 0 Å². The van der Waals surface area contributed by atoms with Gasteiger partial charge in [0.1, 0.15) is 0 Å². The van der Waals surface area contributed by atoms with Crippen LogP contribution in [0.1, 0.15) is 24.6 Å². The highest BCUT2D eigenvalue weighted by Crippen LogP contribution is 2.21. The molecule has 18 heavy (non-hydrogen) atoms. The highest BCUT2D eigenvalue weighted by Gasteiger charge is 2.19. The second kappa shape index (κ2) is 6.68. The van der Waals surface area contributed by atoms with Crippen LogP contribution in [-0.4, -0.2) is 36.5 Å². The van der Waals surface area contributed by atoms with Crippen molar-refractivity contribution in [1.82, 2.24) is 10.2 Å². The van der Waals surface area contributed by atoms with Crippen molar-refractivity contribution in [3.8, 4) is 0 Å². The summed E-state index contributed by atoms with van der Waals surface area (Å²) in [7, 11) is 0. The molecule has 1 aromatic rings. The maximum Gasteiger partial charge on any atom is 0.222 e. The summed E-state index contributed by atoms with van der Waals surface area (Å²) in [5, 5.41) is 5.45. The summed E-state index contributed by atoms with van der Waals surface area (Å²) < 4.78 is 1.14. The number of nitrogens with zero attached hydrogens (tertiary/aromatic N) is 1. The van der Waals surface area contributed by atoms with Gasteiger partial charge in [-0.2, -0.15) is 0 Å². The molecule has 2 rings (SSSR count). The molecule has 1 aliphatic rings. The number of piperazine rings is 1. The van der Waals surface area contributed by atoms with Gasteiger partial charge in [-0.15, -0.1) is 11.3 Å². The molecule has 0 spiro atoms. The molecular formula is C13H19BrN2OS. The lowest BCUT2D eigenvalue weighted by Gasteiger charge is -2.32. The Morgan fingerprint density at radius 2 is 2.50 bits per heavy atom. The SMILES string of the molecule is CC1CN(C(=O)CCCc2cc(Br)cs2)CCN1. The number of aryl methyl sites for hydroxylation is 1. The Morgan fingerprint density at radius 3 is 3.17 bits per heavy atom. The third-order valence-electron chi connectivity index (χ3n) is 3.16. The lowest BCUT2D eigenvalue weighted by Crippen LogP contribution is -2.51. The van der Waals surface area contributed by atoms with E-state index in [-0.39, 0.29) is 0 Å². The van der Waals surface area contributed by atoms with Crippen LogP contribution in [0.2, 0.25) is 0 Å². The molecule has 0 bridgehead atoms. The largest absolute Gasteiger partial charge is 0.340 e. The number of halogens is 1. The van der Waals surface area contributed by atoms with Crippen molar-refractivity contribution in [1.29, 1.82) is 0 Å². The van der Waals surface area contributed by atoms with Crippen molar-refractivity contribution >= 4 is 33.2 Å². The second-order valence-electron chi connectivity index (χ2n) is 4.78. The Bertz CT molecular complexity index is 407. The molecule has 1 aliphatic heterocycles. The molecule has 1 amide bonds. The van der Waals surface area contributed by atoms with Gasteiger partial charge in [-0.3, -0.25) is 4.79 Å². The maximum atomic E-state index is 12.0. The molecule has 1 N–H and O–H groups in total. The van der Waals surface area contributed by atoms with Crippen molar-refractivity contribution in [2.45, 2.75) is 32.2 Å². The fourth-order valence-electron chi connectivity index (χ4n) is 2.22. The fraction of sp³-hybridized carbons (Fsp3) is 0.615. The summed E-state index contributed by atoms with van der Waals surface area (Å²) in [5.74, 6) is 0.305. The highest BCUT2D eigenvalue weighted by atomic mass is 79.9. The van der Waals surface area contributed by atoms with Crippen LogP contribution in [0.15, 0.2) is 15.9 Å². The average Bonchev–Trinajstić information content (AvgIpc) is 2.75. The molecule has 0 aliphatic carbocycles. The third kappa shape index (κ3) is 4.07. The summed E-state index contributed by atoms with van der Waals surface area (Å²) in [5.41, 5.74) is 0. The average molecular weight is 331 g/mol. The van der Waals surface area contributed by atoms with Crippen LogP contribution >= 0.6 is 27.3 Å². The molecule has 1 fully saturated rings. The minimum atomic E-state index is 0.305. The van der Waals surface area contributed by atoms with E-state index in [1.807, 2.05) is 4.90 Å². The van der Waals surface area contributed by atoms with Gasteiger partial charge in [0.2, 0.25) is 5.91 Å². The van der Waals surface area contributed by atoms with E-state index in [2.05, 4.69) is 39.6 Å². The van der Waals surface area contributed by atoms with Crippen molar-refractivity contribution in [3.05, 3.63) is 20.8 Å². The van der Waals surface area contributed by atoms with Crippen molar-refractivity contribution in [2.24, 2.45) is 0 Å². The quantitative estimate of drug-likeness (QED) is 0.920. The molecular weight excluding hydrogens is 312 g/mol. The van der Waals surface area contributed by atoms with E-state index in [0.717, 1.165) is 36.9 Å². The van der Waals surface area contributed by atoms with Gasteiger partial charge in [0, 0.05) is 46.8 Å². The Balaban J connectivity index is 1.71. The Morgan fingerprint density at radius 1 is 1.67 bits per heavy atom. The van der Waals surface area contributed by atoms with Crippen LogP contribution in [0.5, 0.6) is 0 Å². The van der Waals surface area contributed by atoms with Gasteiger partial charge in [-0.05, 0) is 41.8 Å². The molecule has 1 aromatic heterocycles. The zero-order chi connectivity index (χ0) is 13.0. The number of amides is 1. The predicted molar refractivity (Wildman–Crippen MR) is 79.0 cm³/mol. The number of carbonyl (C=O) groups excluding carboxylic acids is 1. The highest BCUT2D eigenvalue weighted by molar-refractivity contribution is 9.10. The first-order valence-electron chi connectivity index (χ1n) is 6.39. The Labute approximate surface area is 121 Å². The standard InChI is InChI=1S/C13H19BrN2OS/c1-10-8-16(6-5-15-10)13(17)4-2-3-12-7-11(14)9-18-12/h7,9-10,15H,2-6,8H2,1H3. The minimum absolute atomic E-state index is 0.305. The van der Waals surface area contributed by atoms with Gasteiger partial charge in [0.15, 0.2) is 0 Å². The fourth-order valence-corrected chi connectivity index (χ4v) is 3.71. The topological polar surface area (TPSA) is 32.3 Å². The normalized spacial score (nSPS) is 20.1. The van der Waals surface area contributed by atoms with Crippen LogP contribution < -0.4 is 5.32 Å². The van der Waals surface area contributed by atoms with Crippen LogP contribution in [0.4, 0.5) is 0 Å². The van der Waals surface area contributed by atoms with Crippen molar-refractivity contribution in [2.75, 3.05) is 19.6 Å². The molecule has 1 unspecified atom stereocenters. The molecule has 1 saturated heterocycles. The second-order valence-corrected chi connectivity index (χ2v) is 6.69. The lowest BCUT2D eigenvalue weighted by molar-refractivity contribution is -0.132. The summed E-state index contributed by atoms with van der Waals surface area (Å²) in [4.78, 5) is 15.4. The first-order chi connectivity index (χ1) is 8.65. The van der Waals surface area contributed by atoms with Gasteiger partial charge < -0.3 is 10.2 Å². The molecule has 5 heteroatoms. The summed E-state index contributed by atoms with van der Waals surface area (Å²) in [6.07, 6.45) is 2.62. The van der Waals surface area contributed by atoms with Crippen molar-refractivity contribution in [3.63, 3.8) is 0 Å². The van der Waals surface area contributed by atoms with Crippen LogP contribution in [0.3, 0.4) is 0 Å². The van der Waals surface area contributed by atoms with E-state index in [4.69, 9.17) is 0 Å². The first-order valence-corrected chi connectivity index (χ1v) is 8.06. The van der Waals surface area contributed by atoms with E-state index >= 15 is 0 Å². The number of nitrogens with one attached hydrogen (secondary N) is 1. The number of thiophene rings is 1. The summed E-state index contributed by atoms with van der Waals surface area (Å²) in [6.45, 7) is 4.75. The number of rotatable bonds is 4. The Kier molecular flexibility index (Phi) is 5.21. The van der Waals surface area contributed by atoms with Gasteiger partial charge in [-0.25, -0.2) is 0 Å². The monoisotopic (exact) mass is 330 g/mol. The van der Waals surface area contributed by atoms with Crippen LogP contribution in [-0.2, 0) is 11.2 Å². The molecule has 0 saturated carbocycles. The van der Waals surface area contributed by atoms with E-state index in [1.54, 1.807) is 11.3 Å². The lowest BCUT2D eigenvalue weighted by atomic mass is 10.1. The van der Waals surface area contributed by atoms with Gasteiger partial charge in [0.25, 0.3) is 0 Å². The number of hydrogen-bond donors (Lipinski definition) is 1. The molecule has 100 valence electrons. The summed E-state index contributed by atoms with van der Waals surface area (Å²) >= 11 is 5.21. The predicted octanol–water partition coefficient (Wildman–Crippen LogP) is 2.65. The maximum absolute atomic E-state index is 12.0. The van der Waals surface area contributed by atoms with Crippen LogP contribution in [0, 0.1) is 0 Å². The number of carbonyl (C=O) groups is 1. The minimum Gasteiger partial charge on any atom is -0.340 e. The smallest absolute Gasteiger partial charge is 0.222 e. The zero-order valence-electron chi connectivity index (χ0n) is 10.6. The molecule has 1 atom stereocenters. The van der Waals surface area contributed by atoms with E-state index in [9.17, 15) is 4.79 Å². The third-order valence-corrected chi connectivity index (χ3v) is 4.91. The zero-order valence-corrected chi connectivity index (χ0v) is 13.0. The van der Waals surface area contributed by atoms with Gasteiger partial charge in [0.05, 0.1) is 0 Å². The number of hydrogen-bond acceptors (Lipinski definition) is 3. The summed E-state index contributed by atoms with van der Waals surface area (Å²) in [6, 6.07) is 2.57. The Hall–Kier alpha value is -0.390.